The van der Waals surface area contributed by atoms with E-state index in [1.807, 2.05) is 38.9 Å². The Labute approximate surface area is 606 Å². The Hall–Kier alpha value is -8.90. The van der Waals surface area contributed by atoms with Gasteiger partial charge in [0.05, 0.1) is 50.5 Å². The topological polar surface area (TPSA) is 344 Å². The fraction of sp³-hybridized carbons (Fsp3) is 0.600. The van der Waals surface area contributed by atoms with E-state index in [1.165, 1.54) is 21.0 Å². The minimum absolute atomic E-state index is 0. The Morgan fingerprint density at radius 3 is 1.47 bits per heavy atom. The zero-order chi connectivity index (χ0) is 72.3. The molecule has 6 N–H and O–H groups in total. The quantitative estimate of drug-likeness (QED) is 0.0444. The summed E-state index contributed by atoms with van der Waals surface area (Å²) in [6.45, 7) is 20.3. The van der Waals surface area contributed by atoms with Crippen LogP contribution in [0.15, 0.2) is 34.6 Å². The van der Waals surface area contributed by atoms with Gasteiger partial charge in [-0.25, -0.2) is 9.59 Å². The van der Waals surface area contributed by atoms with Crippen LogP contribution in [-0.2, 0) is 57.4 Å². The summed E-state index contributed by atoms with van der Waals surface area (Å²) in [5.41, 5.74) is 6.28. The predicted molar refractivity (Wildman–Crippen MR) is 383 cm³/mol. The Bertz CT molecular complexity index is 3920. The normalized spacial score (nSPS) is 24.0. The third kappa shape index (κ3) is 15.2. The van der Waals surface area contributed by atoms with Crippen LogP contribution in [0.5, 0.6) is 40.2 Å². The first-order chi connectivity index (χ1) is 46.8. The third-order valence-corrected chi connectivity index (χ3v) is 20.0. The lowest BCUT2D eigenvalue weighted by Crippen LogP contribution is -2.71. The summed E-state index contributed by atoms with van der Waals surface area (Å²) in [6, 6.07) is 2.23. The smallest absolute Gasteiger partial charge is 0.408 e. The van der Waals surface area contributed by atoms with Crippen molar-refractivity contribution in [2.24, 2.45) is 0 Å². The van der Waals surface area contributed by atoms with Gasteiger partial charge < -0.3 is 78.8 Å². The van der Waals surface area contributed by atoms with E-state index in [4.69, 9.17) is 47.4 Å². The molecule has 0 aromatic heterocycles. The van der Waals surface area contributed by atoms with Crippen molar-refractivity contribution in [1.29, 1.82) is 10.5 Å². The Balaban J connectivity index is 0.000000312. The molecule has 8 aliphatic rings. The van der Waals surface area contributed by atoms with Gasteiger partial charge in [-0.1, -0.05) is 41.8 Å². The van der Waals surface area contributed by atoms with Gasteiger partial charge in [0.2, 0.25) is 30.2 Å². The molecule has 3 aromatic carbocycles. The number of phenols is 1. The van der Waals surface area contributed by atoms with E-state index in [2.05, 4.69) is 54.2 Å². The average molecular weight is 1440 g/mol. The Morgan fingerprint density at radius 2 is 1.04 bits per heavy atom. The number of ether oxygens (including phenoxy) is 10. The number of amides is 4. The van der Waals surface area contributed by atoms with Crippen molar-refractivity contribution in [3.05, 3.63) is 84.7 Å². The summed E-state index contributed by atoms with van der Waals surface area (Å²) in [6.07, 6.45) is 0.0636. The van der Waals surface area contributed by atoms with Crippen LogP contribution in [0.25, 0.3) is 0 Å². The molecule has 28 heteroatoms. The first-order valence-electron chi connectivity index (χ1n) is 33.1. The number of nitrogens with one attached hydrogen (secondary N) is 4. The number of carbonyl (C=O) groups excluding carboxylic acids is 6. The number of rotatable bonds is 16. The number of alkyl carbamates (subject to hydrolysis) is 2. The molecule has 0 spiro atoms. The molecule has 566 valence electrons. The van der Waals surface area contributed by atoms with Crippen LogP contribution in [0.4, 0.5) is 9.59 Å². The van der Waals surface area contributed by atoms with Crippen molar-refractivity contribution in [2.45, 2.75) is 222 Å². The molecule has 2 unspecified atom stereocenters. The molecule has 1 aliphatic carbocycles. The van der Waals surface area contributed by atoms with E-state index in [1.54, 1.807) is 76.7 Å². The molecule has 7 heterocycles. The van der Waals surface area contributed by atoms with Crippen LogP contribution >= 0.6 is 0 Å². The fourth-order valence-electron chi connectivity index (χ4n) is 15.9. The van der Waals surface area contributed by atoms with Crippen LogP contribution in [0.2, 0.25) is 0 Å². The number of aliphatic hydroxyl groups excluding tert-OH is 1. The fourth-order valence-corrected chi connectivity index (χ4v) is 15.9. The molecule has 4 amide bonds. The number of likely N-dealkylation sites (N-methyl/N-ethyl adjacent to an activating group) is 2. The molecule has 4 bridgehead atoms. The number of nitrogens with zero attached hydrogens (tertiary/aromatic N) is 6. The van der Waals surface area contributed by atoms with Gasteiger partial charge in [-0.15, -0.1) is 0 Å². The van der Waals surface area contributed by atoms with Crippen LogP contribution in [0.1, 0.15) is 167 Å². The van der Waals surface area contributed by atoms with E-state index in [0.717, 1.165) is 33.4 Å². The minimum Gasteiger partial charge on any atom is -0.507 e. The maximum atomic E-state index is 13.7. The highest BCUT2D eigenvalue weighted by atomic mass is 16.7. The van der Waals surface area contributed by atoms with Crippen molar-refractivity contribution in [3.8, 4) is 52.4 Å². The summed E-state index contributed by atoms with van der Waals surface area (Å²) >= 11 is 0. The van der Waals surface area contributed by atoms with Gasteiger partial charge in [-0.3, -0.25) is 38.8 Å². The second-order valence-electron chi connectivity index (χ2n) is 28.4. The van der Waals surface area contributed by atoms with Crippen molar-refractivity contribution in [3.63, 3.8) is 0 Å². The maximum Gasteiger partial charge on any atom is 0.408 e. The van der Waals surface area contributed by atoms with Gasteiger partial charge >= 0.3 is 12.2 Å². The molecule has 3 aromatic rings. The molecule has 0 radical (unpaired) electrons. The van der Waals surface area contributed by atoms with E-state index in [-0.39, 0.29) is 116 Å². The second-order valence-corrected chi connectivity index (χ2v) is 28.4. The lowest BCUT2D eigenvalue weighted by atomic mass is 9.70. The first kappa shape index (κ1) is 83.1. The molecular formula is C75H108N10O18. The number of methoxy groups -OCH3 is 4. The number of fused-ring (bicyclic) bond motifs is 15. The SMILES string of the molecule is C.C.C.C.COCOc1c(OC)c(C)cc2c1[C@@H]1C3CC4=C(C(=O)C(=O)C(C)=C4O)[C@H](CNC(=O)[C@@H](C)NC(=O)OC(C)(C)C)N3[C@@H](C#N)[C@H](C2)N1C.COCOc1c(OC)c(C)cc2c1[C@@H]1C3Cc4c(O)c(C)c5c(c4[C@H](CNC(=O)[C@H](C)NC(=O)OC(C)(C)C)N3[C@@H](C#N)[C@H](C2)N1C)OCO5. The number of phenolic OH excluding ortho intramolecular Hbond substituents is 1. The van der Waals surface area contributed by atoms with Crippen LogP contribution in [0, 0.1) is 43.4 Å². The van der Waals surface area contributed by atoms with Gasteiger partial charge in [0, 0.05) is 96.0 Å². The summed E-state index contributed by atoms with van der Waals surface area (Å²) in [4.78, 5) is 87.0. The number of benzene rings is 3. The molecule has 12 atom stereocenters. The van der Waals surface area contributed by atoms with Crippen LogP contribution in [0.3, 0.4) is 0 Å². The van der Waals surface area contributed by atoms with Crippen LogP contribution in [-0.4, -0.2) is 207 Å². The highest BCUT2D eigenvalue weighted by molar-refractivity contribution is 6.50. The summed E-state index contributed by atoms with van der Waals surface area (Å²) < 4.78 is 57.2. The Kier molecular flexibility index (Phi) is 26.1. The molecule has 0 saturated carbocycles. The standard InChI is InChI=1S/C36H47N5O9.C35H45N5O9.4CH4/c1-17-10-20-11-22-24(13-37)41-23(28(40(22)7)26(20)32(30(17)46-9)47-15-45-8)12-21-27(33-31(48-16-49-33)18(2)29(21)42)25(41)14-38-34(43)19(3)39-35(44)50-36(4,5)6;1-16-10-19-11-21-23(13-36)40-22(27(39(21)7)25(19)32(31(16)47-9)48-15-46-8)12-20-26(30(43)29(42)17(2)28(20)41)24(40)14-37-33(44)18(3)38-34(45)49-35(4,5)6;;;;/h10,19,22-25,28,42H,11-12,14-16H2,1-9H3,(H,38,43)(H,39,44);10,18,21-24,27,41H,11-12,14-15H2,1-9H3,(H,37,44)(H,38,45);4*1H4/t19-,22-,23?,24-,25-,28-;18-,21+,22?,23+,24+,27+;;;;/m01..../s1. The van der Waals surface area contributed by atoms with Gasteiger partial charge in [-0.05, 0) is 145 Å². The molecule has 2 saturated heterocycles. The number of allylic oxidation sites excluding steroid dienone is 2. The van der Waals surface area contributed by atoms with E-state index in [0.29, 0.717) is 76.0 Å². The third-order valence-electron chi connectivity index (χ3n) is 20.0. The lowest BCUT2D eigenvalue weighted by Gasteiger charge is -2.60. The number of carbonyl (C=O) groups is 6. The number of ketones is 2. The van der Waals surface area contributed by atoms with Gasteiger partial charge in [0.15, 0.2) is 48.1 Å². The van der Waals surface area contributed by atoms with Gasteiger partial charge in [0.1, 0.15) is 46.9 Å². The number of aromatic hydroxyl groups is 1. The predicted octanol–water partition coefficient (Wildman–Crippen LogP) is 8.62. The number of Topliss-reactive ketones (excluding diaryl/α,β-unsaturated/α-hetero) is 2. The molecule has 7 aliphatic heterocycles. The summed E-state index contributed by atoms with van der Waals surface area (Å²) in [5, 5.41) is 55.7. The van der Waals surface area contributed by atoms with Crippen molar-refractivity contribution in [2.75, 3.05) is 76.0 Å². The van der Waals surface area contributed by atoms with Gasteiger partial charge in [0.25, 0.3) is 0 Å². The summed E-state index contributed by atoms with van der Waals surface area (Å²) in [7, 11) is 10.2. The highest BCUT2D eigenvalue weighted by Crippen LogP contribution is 2.59. The number of piperazine rings is 2. The molecule has 103 heavy (non-hydrogen) atoms. The first-order valence-corrected chi connectivity index (χ1v) is 33.1. The zero-order valence-corrected chi connectivity index (χ0v) is 59.6. The number of nitriles is 2. The average Bonchev–Trinajstić information content (AvgIpc) is 1.17. The van der Waals surface area contributed by atoms with E-state index >= 15 is 0 Å². The maximum absolute atomic E-state index is 13.7. The Morgan fingerprint density at radius 1 is 0.612 bits per heavy atom. The minimum atomic E-state index is -1.01. The lowest BCUT2D eigenvalue weighted by molar-refractivity contribution is -0.134. The largest absolute Gasteiger partial charge is 0.507 e. The number of aliphatic hydroxyl groups is 1. The van der Waals surface area contributed by atoms with Crippen molar-refractivity contribution >= 4 is 35.6 Å². The van der Waals surface area contributed by atoms with Gasteiger partial charge in [-0.2, -0.15) is 10.5 Å². The number of hydrogen-bond donors (Lipinski definition) is 6. The second kappa shape index (κ2) is 32.4. The number of hydrogen-bond acceptors (Lipinski definition) is 24. The molecule has 2 fully saturated rings. The molecule has 11 rings (SSSR count). The molecule has 28 nitrogen and oxygen atoms in total. The van der Waals surface area contributed by atoms with Crippen LogP contribution < -0.4 is 49.7 Å². The van der Waals surface area contributed by atoms with Crippen molar-refractivity contribution in [1.82, 2.24) is 40.9 Å². The van der Waals surface area contributed by atoms with E-state index < -0.39 is 95.1 Å². The number of aryl methyl sites for hydroxylation is 2. The summed E-state index contributed by atoms with van der Waals surface area (Å²) in [5.74, 6) is 0.359. The van der Waals surface area contributed by atoms with Crippen molar-refractivity contribution < 1.29 is 86.3 Å². The zero-order valence-electron chi connectivity index (χ0n) is 59.6. The highest BCUT2D eigenvalue weighted by Gasteiger charge is 2.60. The van der Waals surface area contributed by atoms with E-state index in [9.17, 15) is 49.5 Å². The monoisotopic (exact) mass is 1440 g/mol. The molecular weight excluding hydrogens is 1330 g/mol.